The van der Waals surface area contributed by atoms with Gasteiger partial charge in [-0.05, 0) is 20.3 Å². The van der Waals surface area contributed by atoms with Gasteiger partial charge >= 0.3 is 0 Å². The second kappa shape index (κ2) is 5.69. The van der Waals surface area contributed by atoms with Crippen LogP contribution in [0.2, 0.25) is 0 Å². The molecule has 22 heavy (non-hydrogen) atoms. The Bertz CT molecular complexity index is 594. The second-order valence-corrected chi connectivity index (χ2v) is 5.82. The lowest BCUT2D eigenvalue weighted by Crippen LogP contribution is -2.45. The highest BCUT2D eigenvalue weighted by Gasteiger charge is 2.31. The molecule has 2 aliphatic heterocycles. The van der Waals surface area contributed by atoms with Gasteiger partial charge in [0.2, 0.25) is 11.9 Å². The van der Waals surface area contributed by atoms with Crippen molar-refractivity contribution in [2.75, 3.05) is 35.8 Å². The van der Waals surface area contributed by atoms with E-state index in [0.717, 1.165) is 12.1 Å². The summed E-state index contributed by atoms with van der Waals surface area (Å²) in [4.78, 5) is 22.7. The van der Waals surface area contributed by atoms with E-state index in [1.54, 1.807) is 0 Å². The number of hydrogen-bond acceptors (Lipinski definition) is 7. The van der Waals surface area contributed by atoms with Crippen LogP contribution in [0.3, 0.4) is 0 Å². The molecule has 8 nitrogen and oxygen atoms in total. The van der Waals surface area contributed by atoms with Crippen LogP contribution in [0.5, 0.6) is 0 Å². The number of fused-ring (bicyclic) bond motifs is 1. The third-order valence-electron chi connectivity index (χ3n) is 4.23. The topological polar surface area (TPSA) is 99.6 Å². The number of aryl methyl sites for hydroxylation is 1. The van der Waals surface area contributed by atoms with Gasteiger partial charge in [-0.3, -0.25) is 4.79 Å². The number of carbonyl (C=O) groups is 1. The fraction of sp³-hybridized carbons (Fsp3) is 0.643. The van der Waals surface area contributed by atoms with Gasteiger partial charge in [-0.15, -0.1) is 0 Å². The van der Waals surface area contributed by atoms with E-state index < -0.39 is 0 Å². The predicted molar refractivity (Wildman–Crippen MR) is 82.1 cm³/mol. The summed E-state index contributed by atoms with van der Waals surface area (Å²) in [6, 6.07) is -0.196. The van der Waals surface area contributed by atoms with Gasteiger partial charge in [0.1, 0.15) is 11.7 Å². The highest BCUT2D eigenvalue weighted by atomic mass is 16.5. The first-order valence-corrected chi connectivity index (χ1v) is 7.41. The number of carbonyl (C=O) groups excluding carboxylic acids is 1. The maximum absolute atomic E-state index is 11.9. The highest BCUT2D eigenvalue weighted by molar-refractivity contribution is 6.03. The largest absolute Gasteiger partial charge is 0.394 e. The molecule has 0 aliphatic carbocycles. The monoisotopic (exact) mass is 307 g/mol. The molecule has 0 aromatic carbocycles. The average molecular weight is 307 g/mol. The van der Waals surface area contributed by atoms with Gasteiger partial charge in [0, 0.05) is 7.05 Å². The Balaban J connectivity index is 1.83. The Kier molecular flexibility index (Phi) is 3.88. The lowest BCUT2D eigenvalue weighted by molar-refractivity contribution is -0.117. The van der Waals surface area contributed by atoms with Crippen molar-refractivity contribution in [3.8, 4) is 0 Å². The summed E-state index contributed by atoms with van der Waals surface area (Å²) in [6.45, 7) is 4.22. The molecule has 120 valence electrons. The number of anilines is 3. The molecule has 1 saturated heterocycles. The predicted octanol–water partition coefficient (Wildman–Crippen LogP) is 0.124. The smallest absolute Gasteiger partial charge is 0.246 e. The minimum atomic E-state index is -0.275. The van der Waals surface area contributed by atoms with Crippen molar-refractivity contribution in [2.45, 2.75) is 38.5 Å². The van der Waals surface area contributed by atoms with Gasteiger partial charge in [0.15, 0.2) is 5.82 Å². The maximum atomic E-state index is 11.9. The van der Waals surface area contributed by atoms with Gasteiger partial charge in [-0.1, -0.05) is 0 Å². The average Bonchev–Trinajstić information content (AvgIpc) is 2.94. The first-order valence-electron chi connectivity index (χ1n) is 7.41. The van der Waals surface area contributed by atoms with Crippen LogP contribution in [0, 0.1) is 6.92 Å². The fourth-order valence-electron chi connectivity index (χ4n) is 2.73. The zero-order valence-corrected chi connectivity index (χ0v) is 13.0. The van der Waals surface area contributed by atoms with Crippen LogP contribution in [0.15, 0.2) is 0 Å². The van der Waals surface area contributed by atoms with Gasteiger partial charge < -0.3 is 25.4 Å². The number of nitrogens with one attached hydrogen (secondary N) is 2. The zero-order chi connectivity index (χ0) is 15.9. The van der Waals surface area contributed by atoms with Gasteiger partial charge in [0.05, 0.1) is 31.1 Å². The molecular weight excluding hydrogens is 286 g/mol. The fourth-order valence-corrected chi connectivity index (χ4v) is 2.73. The van der Waals surface area contributed by atoms with E-state index in [1.165, 1.54) is 0 Å². The van der Waals surface area contributed by atoms with E-state index in [4.69, 9.17) is 9.84 Å². The molecule has 1 fully saturated rings. The van der Waals surface area contributed by atoms with Crippen molar-refractivity contribution < 1.29 is 14.6 Å². The van der Waals surface area contributed by atoms with Crippen LogP contribution < -0.4 is 15.5 Å². The lowest BCUT2D eigenvalue weighted by atomic mass is 10.1. The summed E-state index contributed by atoms with van der Waals surface area (Å²) >= 11 is 0. The maximum Gasteiger partial charge on any atom is 0.246 e. The third kappa shape index (κ3) is 2.59. The normalized spacial score (nSPS) is 27.5. The van der Waals surface area contributed by atoms with Gasteiger partial charge in [0.25, 0.3) is 0 Å². The summed E-state index contributed by atoms with van der Waals surface area (Å²) in [5.74, 6) is 1.16. The number of nitrogens with zero attached hydrogens (tertiary/aromatic N) is 3. The summed E-state index contributed by atoms with van der Waals surface area (Å²) in [5.41, 5.74) is 1.38. The number of rotatable bonds is 3. The van der Waals surface area contributed by atoms with E-state index in [1.807, 2.05) is 25.8 Å². The molecule has 0 saturated carbocycles. The van der Waals surface area contributed by atoms with Crippen LogP contribution in [0.1, 0.15) is 19.0 Å². The Labute approximate surface area is 128 Å². The molecule has 3 heterocycles. The van der Waals surface area contributed by atoms with Crippen molar-refractivity contribution in [2.24, 2.45) is 0 Å². The molecule has 0 spiro atoms. The molecule has 1 amide bonds. The molecule has 1 aromatic heterocycles. The third-order valence-corrected chi connectivity index (χ3v) is 4.23. The first-order chi connectivity index (χ1) is 10.5. The van der Waals surface area contributed by atoms with Crippen molar-refractivity contribution in [3.63, 3.8) is 0 Å². The number of amides is 1. The van der Waals surface area contributed by atoms with E-state index in [0.29, 0.717) is 24.1 Å². The standard InChI is InChI=1S/C14H21N5O3/c1-7-11-12(19(3)8(2)13(21)17-11)18-14(15-7)16-9-4-10(5-20)22-6-9/h8-10,20H,4-6H2,1-3H3,(H,17,21)(H,15,16,18)/t8-,9-,10-/m0/s1. The highest BCUT2D eigenvalue weighted by Crippen LogP contribution is 2.32. The summed E-state index contributed by atoms with van der Waals surface area (Å²) in [7, 11) is 1.85. The molecule has 2 aliphatic rings. The molecule has 3 N–H and O–H groups in total. The van der Waals surface area contributed by atoms with Crippen LogP contribution in [-0.2, 0) is 9.53 Å². The van der Waals surface area contributed by atoms with Crippen LogP contribution in [0.4, 0.5) is 17.5 Å². The van der Waals surface area contributed by atoms with E-state index in [2.05, 4.69) is 20.6 Å². The number of aromatic nitrogens is 2. The Morgan fingerprint density at radius 2 is 2.27 bits per heavy atom. The number of aliphatic hydroxyl groups excluding tert-OH is 1. The summed E-state index contributed by atoms with van der Waals surface area (Å²) in [6.07, 6.45) is 0.595. The van der Waals surface area contributed by atoms with Gasteiger partial charge in [-0.25, -0.2) is 4.98 Å². The second-order valence-electron chi connectivity index (χ2n) is 5.82. The Morgan fingerprint density at radius 3 is 2.95 bits per heavy atom. The molecule has 0 bridgehead atoms. The van der Waals surface area contributed by atoms with Crippen molar-refractivity contribution >= 4 is 23.4 Å². The van der Waals surface area contributed by atoms with E-state index in [-0.39, 0.29) is 30.7 Å². The molecule has 8 heteroatoms. The minimum absolute atomic E-state index is 0.0224. The Morgan fingerprint density at radius 1 is 1.50 bits per heavy atom. The molecular formula is C14H21N5O3. The van der Waals surface area contributed by atoms with Crippen LogP contribution in [0.25, 0.3) is 0 Å². The SMILES string of the molecule is Cc1nc(N[C@@H]2CO[C@H](CO)C2)nc2c1NC(=O)[C@H](C)N2C. The van der Waals surface area contributed by atoms with Crippen molar-refractivity contribution in [1.82, 2.24) is 9.97 Å². The minimum Gasteiger partial charge on any atom is -0.394 e. The van der Waals surface area contributed by atoms with E-state index >= 15 is 0 Å². The van der Waals surface area contributed by atoms with Crippen molar-refractivity contribution in [3.05, 3.63) is 5.69 Å². The first kappa shape index (κ1) is 15.0. The molecule has 1 aromatic rings. The van der Waals surface area contributed by atoms with Gasteiger partial charge in [-0.2, -0.15) is 4.98 Å². The van der Waals surface area contributed by atoms with Crippen LogP contribution >= 0.6 is 0 Å². The number of likely N-dealkylation sites (N-methyl/N-ethyl adjacent to an activating group) is 1. The van der Waals surface area contributed by atoms with E-state index in [9.17, 15) is 4.79 Å². The molecule has 3 rings (SSSR count). The summed E-state index contributed by atoms with van der Waals surface area (Å²) in [5, 5.41) is 15.2. The Hall–Kier alpha value is -1.93. The number of ether oxygens (including phenoxy) is 1. The summed E-state index contributed by atoms with van der Waals surface area (Å²) < 4.78 is 5.45. The number of hydrogen-bond donors (Lipinski definition) is 3. The van der Waals surface area contributed by atoms with Crippen LogP contribution in [-0.4, -0.2) is 59.4 Å². The molecule has 3 atom stereocenters. The molecule has 0 radical (unpaired) electrons. The lowest BCUT2D eigenvalue weighted by Gasteiger charge is -2.32. The quantitative estimate of drug-likeness (QED) is 0.729. The van der Waals surface area contributed by atoms with Crippen molar-refractivity contribution in [1.29, 1.82) is 0 Å². The zero-order valence-electron chi connectivity index (χ0n) is 13.0. The number of aliphatic hydroxyl groups is 1. The molecule has 0 unspecified atom stereocenters.